The highest BCUT2D eigenvalue weighted by molar-refractivity contribution is 7.71. The van der Waals surface area contributed by atoms with Crippen LogP contribution in [-0.4, -0.2) is 14.8 Å². The maximum absolute atomic E-state index is 13.7. The summed E-state index contributed by atoms with van der Waals surface area (Å²) in [5.41, 5.74) is 0.0288. The summed E-state index contributed by atoms with van der Waals surface area (Å²) >= 11 is 10.5. The zero-order valence-electron chi connectivity index (χ0n) is 8.80. The molecular formula is C10H8ClF2N3S. The van der Waals surface area contributed by atoms with Crippen LogP contribution in [0.3, 0.4) is 0 Å². The van der Waals surface area contributed by atoms with Crippen molar-refractivity contribution in [2.24, 2.45) is 0 Å². The molecule has 0 radical (unpaired) electrons. The Balaban J connectivity index is 2.68. The Labute approximate surface area is 106 Å². The summed E-state index contributed by atoms with van der Waals surface area (Å²) < 4.78 is 28.9. The predicted octanol–water partition coefficient (Wildman–Crippen LogP) is 3.56. The Morgan fingerprint density at radius 3 is 2.76 bits per heavy atom. The minimum atomic E-state index is -0.695. The Kier molecular flexibility index (Phi) is 3.26. The van der Waals surface area contributed by atoms with Crippen LogP contribution in [0.25, 0.3) is 11.4 Å². The van der Waals surface area contributed by atoms with Gasteiger partial charge in [-0.25, -0.2) is 8.78 Å². The van der Waals surface area contributed by atoms with Crippen molar-refractivity contribution in [1.82, 2.24) is 14.8 Å². The fourth-order valence-electron chi connectivity index (χ4n) is 1.51. The van der Waals surface area contributed by atoms with E-state index < -0.39 is 11.6 Å². The highest BCUT2D eigenvalue weighted by atomic mass is 35.5. The van der Waals surface area contributed by atoms with Crippen LogP contribution in [0.4, 0.5) is 8.78 Å². The summed E-state index contributed by atoms with van der Waals surface area (Å²) in [4.78, 5) is 0. The molecule has 0 atom stereocenters. The maximum Gasteiger partial charge on any atom is 0.195 e. The van der Waals surface area contributed by atoms with E-state index >= 15 is 0 Å². The lowest BCUT2D eigenvalue weighted by Gasteiger charge is -2.05. The second-order valence-electron chi connectivity index (χ2n) is 3.34. The van der Waals surface area contributed by atoms with E-state index in [0.717, 1.165) is 12.1 Å². The summed E-state index contributed by atoms with van der Waals surface area (Å²) in [6.45, 7) is 2.34. The number of nitrogens with zero attached hydrogens (tertiary/aromatic N) is 2. The molecule has 0 amide bonds. The molecule has 0 aliphatic rings. The molecule has 2 rings (SSSR count). The van der Waals surface area contributed by atoms with Crippen molar-refractivity contribution in [1.29, 1.82) is 0 Å². The van der Waals surface area contributed by atoms with Gasteiger partial charge in [0, 0.05) is 6.54 Å². The summed E-state index contributed by atoms with van der Waals surface area (Å²) in [5.74, 6) is -1.08. The van der Waals surface area contributed by atoms with Crippen molar-refractivity contribution in [2.45, 2.75) is 13.5 Å². The number of halogens is 3. The second-order valence-corrected chi connectivity index (χ2v) is 4.14. The maximum atomic E-state index is 13.7. The predicted molar refractivity (Wildman–Crippen MR) is 63.4 cm³/mol. The van der Waals surface area contributed by atoms with E-state index in [2.05, 4.69) is 10.2 Å². The van der Waals surface area contributed by atoms with Gasteiger partial charge in [-0.3, -0.25) is 5.10 Å². The van der Waals surface area contributed by atoms with E-state index in [0.29, 0.717) is 11.3 Å². The molecule has 1 aromatic carbocycles. The first-order valence-corrected chi connectivity index (χ1v) is 5.63. The first-order valence-electron chi connectivity index (χ1n) is 4.84. The average molecular weight is 276 g/mol. The largest absolute Gasteiger partial charge is 0.300 e. The van der Waals surface area contributed by atoms with Crippen LogP contribution in [0.15, 0.2) is 12.1 Å². The highest BCUT2D eigenvalue weighted by Crippen LogP contribution is 2.26. The van der Waals surface area contributed by atoms with E-state index in [1.54, 1.807) is 4.57 Å². The molecule has 90 valence electrons. The minimum Gasteiger partial charge on any atom is -0.300 e. The molecule has 17 heavy (non-hydrogen) atoms. The molecule has 0 aliphatic heterocycles. The summed E-state index contributed by atoms with van der Waals surface area (Å²) in [6, 6.07) is 1.93. The third kappa shape index (κ3) is 2.10. The van der Waals surface area contributed by atoms with Crippen LogP contribution in [0.5, 0.6) is 0 Å². The number of hydrogen-bond donors (Lipinski definition) is 1. The lowest BCUT2D eigenvalue weighted by Crippen LogP contribution is -2.00. The molecule has 1 heterocycles. The standard InChI is InChI=1S/C10H8ClF2N3S/c1-2-16-9(14-15-10(16)17)5-3-8(13)6(11)4-7(5)12/h3-4H,2H2,1H3,(H,15,17). The van der Waals surface area contributed by atoms with Gasteiger partial charge in [-0.05, 0) is 31.3 Å². The molecule has 1 N–H and O–H groups in total. The lowest BCUT2D eigenvalue weighted by molar-refractivity contribution is 0.600. The Bertz CT molecular complexity index is 620. The van der Waals surface area contributed by atoms with E-state index in [4.69, 9.17) is 23.8 Å². The smallest absolute Gasteiger partial charge is 0.195 e. The normalized spacial score (nSPS) is 10.8. The van der Waals surface area contributed by atoms with E-state index in [9.17, 15) is 8.78 Å². The van der Waals surface area contributed by atoms with Gasteiger partial charge in [0.2, 0.25) is 0 Å². The van der Waals surface area contributed by atoms with Crippen molar-refractivity contribution >= 4 is 23.8 Å². The number of H-pyrrole nitrogens is 1. The highest BCUT2D eigenvalue weighted by Gasteiger charge is 2.15. The molecule has 0 spiro atoms. The van der Waals surface area contributed by atoms with Gasteiger partial charge in [0.15, 0.2) is 10.6 Å². The zero-order valence-corrected chi connectivity index (χ0v) is 10.4. The number of benzene rings is 1. The fraction of sp³-hybridized carbons (Fsp3) is 0.200. The van der Waals surface area contributed by atoms with Gasteiger partial charge in [-0.2, -0.15) is 5.10 Å². The lowest BCUT2D eigenvalue weighted by atomic mass is 10.2. The van der Waals surface area contributed by atoms with Crippen molar-refractivity contribution < 1.29 is 8.78 Å². The molecule has 0 aliphatic carbocycles. The quantitative estimate of drug-likeness (QED) is 0.672. The van der Waals surface area contributed by atoms with Crippen molar-refractivity contribution in [3.63, 3.8) is 0 Å². The number of aromatic nitrogens is 3. The zero-order chi connectivity index (χ0) is 12.6. The summed E-state index contributed by atoms with van der Waals surface area (Å²) in [6.07, 6.45) is 0. The van der Waals surface area contributed by atoms with Crippen molar-refractivity contribution in [3.8, 4) is 11.4 Å². The number of hydrogen-bond acceptors (Lipinski definition) is 2. The minimum absolute atomic E-state index is 0.0288. The Morgan fingerprint density at radius 2 is 2.12 bits per heavy atom. The first-order chi connectivity index (χ1) is 8.04. The summed E-state index contributed by atoms with van der Waals surface area (Å²) in [7, 11) is 0. The third-order valence-corrected chi connectivity index (χ3v) is 2.93. The first kappa shape index (κ1) is 12.2. The molecule has 0 saturated heterocycles. The van der Waals surface area contributed by atoms with Gasteiger partial charge in [0.1, 0.15) is 11.6 Å². The SMILES string of the molecule is CCn1c(-c2cc(F)c(Cl)cc2F)n[nH]c1=S. The fourth-order valence-corrected chi connectivity index (χ4v) is 1.92. The van der Waals surface area contributed by atoms with Gasteiger partial charge >= 0.3 is 0 Å². The van der Waals surface area contributed by atoms with Gasteiger partial charge < -0.3 is 4.57 Å². The topological polar surface area (TPSA) is 33.6 Å². The second kappa shape index (κ2) is 4.54. The number of aromatic amines is 1. The van der Waals surface area contributed by atoms with E-state index in [1.165, 1.54) is 0 Å². The van der Waals surface area contributed by atoms with Crippen LogP contribution in [0.2, 0.25) is 5.02 Å². The van der Waals surface area contributed by atoms with Crippen LogP contribution >= 0.6 is 23.8 Å². The third-order valence-electron chi connectivity index (χ3n) is 2.33. The molecular weight excluding hydrogens is 268 g/mol. The summed E-state index contributed by atoms with van der Waals surface area (Å²) in [5, 5.41) is 6.17. The molecule has 0 bridgehead atoms. The van der Waals surface area contributed by atoms with Crippen LogP contribution in [-0.2, 0) is 6.54 Å². The molecule has 7 heteroatoms. The van der Waals surface area contributed by atoms with Crippen molar-refractivity contribution in [3.05, 3.63) is 33.6 Å². The van der Waals surface area contributed by atoms with Crippen molar-refractivity contribution in [2.75, 3.05) is 0 Å². The molecule has 0 fully saturated rings. The molecule has 0 saturated carbocycles. The van der Waals surface area contributed by atoms with Crippen LogP contribution < -0.4 is 0 Å². The van der Waals surface area contributed by atoms with E-state index in [1.807, 2.05) is 6.92 Å². The monoisotopic (exact) mass is 275 g/mol. The number of nitrogens with one attached hydrogen (secondary N) is 1. The molecule has 3 nitrogen and oxygen atoms in total. The molecule has 1 aromatic heterocycles. The van der Waals surface area contributed by atoms with E-state index in [-0.39, 0.29) is 16.4 Å². The van der Waals surface area contributed by atoms with Crippen LogP contribution in [0, 0.1) is 16.4 Å². The van der Waals surface area contributed by atoms with Gasteiger partial charge in [0.25, 0.3) is 0 Å². The Morgan fingerprint density at radius 1 is 1.41 bits per heavy atom. The number of rotatable bonds is 2. The molecule has 2 aromatic rings. The van der Waals surface area contributed by atoms with Crippen LogP contribution in [0.1, 0.15) is 6.92 Å². The Hall–Kier alpha value is -1.27. The van der Waals surface area contributed by atoms with Gasteiger partial charge in [0.05, 0.1) is 10.6 Å². The molecule has 0 unspecified atom stereocenters. The van der Waals surface area contributed by atoms with Gasteiger partial charge in [-0.15, -0.1) is 0 Å². The van der Waals surface area contributed by atoms with Gasteiger partial charge in [-0.1, -0.05) is 11.6 Å². The average Bonchev–Trinajstić information content (AvgIpc) is 2.64.